The number of hydrogen-bond acceptors (Lipinski definition) is 3. The summed E-state index contributed by atoms with van der Waals surface area (Å²) < 4.78 is 5.99. The van der Waals surface area contributed by atoms with E-state index in [2.05, 4.69) is 15.3 Å². The third kappa shape index (κ3) is 1.73. The van der Waals surface area contributed by atoms with Crippen LogP contribution in [0.5, 0.6) is 5.75 Å². The number of ether oxygens (including phenoxy) is 1. The molecule has 1 aliphatic heterocycles. The Hall–Kier alpha value is -2.49. The summed E-state index contributed by atoms with van der Waals surface area (Å²) >= 11 is 0. The van der Waals surface area contributed by atoms with Gasteiger partial charge in [-0.3, -0.25) is 0 Å². The SMILES string of the molecule is c1ccc2c(c1)NCC(c1nc3ccccc3[nH]1)O2. The number of benzene rings is 2. The molecule has 1 unspecified atom stereocenters. The molecule has 1 aliphatic rings. The van der Waals surface area contributed by atoms with E-state index < -0.39 is 0 Å². The van der Waals surface area contributed by atoms with E-state index >= 15 is 0 Å². The molecule has 4 nitrogen and oxygen atoms in total. The van der Waals surface area contributed by atoms with E-state index in [4.69, 9.17) is 4.74 Å². The van der Waals surface area contributed by atoms with E-state index in [1.54, 1.807) is 0 Å². The van der Waals surface area contributed by atoms with Crippen molar-refractivity contribution in [3.8, 4) is 5.75 Å². The molecule has 94 valence electrons. The van der Waals surface area contributed by atoms with E-state index in [1.165, 1.54) is 0 Å². The van der Waals surface area contributed by atoms with Gasteiger partial charge in [0.1, 0.15) is 11.6 Å². The van der Waals surface area contributed by atoms with Gasteiger partial charge >= 0.3 is 0 Å². The van der Waals surface area contributed by atoms with Crippen LogP contribution in [0.1, 0.15) is 11.9 Å². The van der Waals surface area contributed by atoms with Gasteiger partial charge < -0.3 is 15.0 Å². The molecule has 19 heavy (non-hydrogen) atoms. The van der Waals surface area contributed by atoms with Gasteiger partial charge in [-0.15, -0.1) is 0 Å². The summed E-state index contributed by atoms with van der Waals surface area (Å²) in [6.45, 7) is 0.719. The van der Waals surface area contributed by atoms with Crippen LogP contribution in [-0.2, 0) is 0 Å². The minimum absolute atomic E-state index is 0.0812. The molecular weight excluding hydrogens is 238 g/mol. The van der Waals surface area contributed by atoms with Gasteiger partial charge in [-0.2, -0.15) is 0 Å². The molecule has 0 amide bonds. The average Bonchev–Trinajstić information content (AvgIpc) is 2.90. The number of anilines is 1. The van der Waals surface area contributed by atoms with E-state index in [0.717, 1.165) is 34.8 Å². The largest absolute Gasteiger partial charge is 0.478 e. The fourth-order valence-electron chi connectivity index (χ4n) is 2.39. The number of rotatable bonds is 1. The number of para-hydroxylation sites is 4. The normalized spacial score (nSPS) is 17.6. The highest BCUT2D eigenvalue weighted by atomic mass is 16.5. The second-order valence-electron chi connectivity index (χ2n) is 4.62. The lowest BCUT2D eigenvalue weighted by Gasteiger charge is -2.25. The maximum absolute atomic E-state index is 5.99. The van der Waals surface area contributed by atoms with Gasteiger partial charge in [0, 0.05) is 0 Å². The number of imidazole rings is 1. The van der Waals surface area contributed by atoms with Gasteiger partial charge in [-0.25, -0.2) is 4.98 Å². The topological polar surface area (TPSA) is 49.9 Å². The lowest BCUT2D eigenvalue weighted by molar-refractivity contribution is 0.202. The first kappa shape index (κ1) is 10.4. The van der Waals surface area contributed by atoms with Crippen molar-refractivity contribution in [1.29, 1.82) is 0 Å². The number of aromatic amines is 1. The van der Waals surface area contributed by atoms with Gasteiger partial charge in [0.25, 0.3) is 0 Å². The fourth-order valence-corrected chi connectivity index (χ4v) is 2.39. The highest BCUT2D eigenvalue weighted by Crippen LogP contribution is 2.33. The van der Waals surface area contributed by atoms with Crippen molar-refractivity contribution in [2.24, 2.45) is 0 Å². The maximum atomic E-state index is 5.99. The number of aromatic nitrogens is 2. The summed E-state index contributed by atoms with van der Waals surface area (Å²) in [6.07, 6.45) is -0.0812. The zero-order valence-electron chi connectivity index (χ0n) is 10.3. The van der Waals surface area contributed by atoms with Crippen LogP contribution < -0.4 is 10.1 Å². The molecule has 0 saturated heterocycles. The molecule has 1 atom stereocenters. The predicted octanol–water partition coefficient (Wildman–Crippen LogP) is 3.11. The highest BCUT2D eigenvalue weighted by molar-refractivity contribution is 5.74. The van der Waals surface area contributed by atoms with Crippen LogP contribution in [0.2, 0.25) is 0 Å². The molecule has 4 heteroatoms. The fraction of sp³-hybridized carbons (Fsp3) is 0.133. The monoisotopic (exact) mass is 251 g/mol. The van der Waals surface area contributed by atoms with Crippen LogP contribution in [0.4, 0.5) is 5.69 Å². The van der Waals surface area contributed by atoms with Crippen molar-refractivity contribution >= 4 is 16.7 Å². The Kier molecular flexibility index (Phi) is 2.21. The smallest absolute Gasteiger partial charge is 0.173 e. The van der Waals surface area contributed by atoms with Crippen molar-refractivity contribution in [3.63, 3.8) is 0 Å². The summed E-state index contributed by atoms with van der Waals surface area (Å²) in [5.74, 6) is 1.74. The third-order valence-corrected chi connectivity index (χ3v) is 3.35. The van der Waals surface area contributed by atoms with Crippen molar-refractivity contribution in [2.75, 3.05) is 11.9 Å². The maximum Gasteiger partial charge on any atom is 0.173 e. The predicted molar refractivity (Wildman–Crippen MR) is 74.4 cm³/mol. The van der Waals surface area contributed by atoms with Crippen LogP contribution in [-0.4, -0.2) is 16.5 Å². The number of H-pyrrole nitrogens is 1. The number of nitrogens with one attached hydrogen (secondary N) is 2. The molecule has 0 spiro atoms. The third-order valence-electron chi connectivity index (χ3n) is 3.35. The average molecular weight is 251 g/mol. The number of fused-ring (bicyclic) bond motifs is 2. The Morgan fingerprint density at radius 3 is 2.84 bits per heavy atom. The molecule has 0 saturated carbocycles. The van der Waals surface area contributed by atoms with Gasteiger partial charge in [0.05, 0.1) is 23.3 Å². The molecule has 0 fully saturated rings. The molecule has 2 aromatic carbocycles. The lowest BCUT2D eigenvalue weighted by Crippen LogP contribution is -2.24. The second kappa shape index (κ2) is 4.02. The molecule has 0 radical (unpaired) electrons. The van der Waals surface area contributed by atoms with E-state index in [9.17, 15) is 0 Å². The standard InChI is InChI=1S/C15H13N3O/c1-2-6-11-10(5-1)17-15(18-11)14-9-16-12-7-3-4-8-13(12)19-14/h1-8,14,16H,9H2,(H,17,18). The Bertz CT molecular complexity index is 702. The highest BCUT2D eigenvalue weighted by Gasteiger charge is 2.23. The molecule has 0 bridgehead atoms. The minimum Gasteiger partial charge on any atom is -0.478 e. The summed E-state index contributed by atoms with van der Waals surface area (Å²) in [5, 5.41) is 3.37. The van der Waals surface area contributed by atoms with Crippen molar-refractivity contribution < 1.29 is 4.74 Å². The van der Waals surface area contributed by atoms with Gasteiger partial charge in [0.15, 0.2) is 6.10 Å². The minimum atomic E-state index is -0.0812. The van der Waals surface area contributed by atoms with E-state index in [0.29, 0.717) is 0 Å². The Morgan fingerprint density at radius 1 is 1.05 bits per heavy atom. The number of nitrogens with zero attached hydrogens (tertiary/aromatic N) is 1. The van der Waals surface area contributed by atoms with Crippen molar-refractivity contribution in [2.45, 2.75) is 6.10 Å². The first-order valence-electron chi connectivity index (χ1n) is 6.34. The Balaban J connectivity index is 1.70. The lowest BCUT2D eigenvalue weighted by atomic mass is 10.2. The van der Waals surface area contributed by atoms with Crippen LogP contribution in [0.25, 0.3) is 11.0 Å². The molecule has 2 N–H and O–H groups in total. The van der Waals surface area contributed by atoms with Crippen LogP contribution >= 0.6 is 0 Å². The quantitative estimate of drug-likeness (QED) is 0.698. The molecule has 2 heterocycles. The zero-order valence-corrected chi connectivity index (χ0v) is 10.3. The molecule has 0 aliphatic carbocycles. The zero-order chi connectivity index (χ0) is 12.7. The van der Waals surface area contributed by atoms with Crippen LogP contribution in [0.15, 0.2) is 48.5 Å². The Labute approximate surface area is 110 Å². The van der Waals surface area contributed by atoms with Gasteiger partial charge in [-0.05, 0) is 24.3 Å². The van der Waals surface area contributed by atoms with Crippen molar-refractivity contribution in [3.05, 3.63) is 54.4 Å². The van der Waals surface area contributed by atoms with Crippen molar-refractivity contribution in [1.82, 2.24) is 9.97 Å². The van der Waals surface area contributed by atoms with Gasteiger partial charge in [0.2, 0.25) is 0 Å². The molecular formula is C15H13N3O. The summed E-state index contributed by atoms with van der Waals surface area (Å²) in [6, 6.07) is 16.0. The first-order valence-corrected chi connectivity index (χ1v) is 6.34. The summed E-state index contributed by atoms with van der Waals surface area (Å²) in [7, 11) is 0. The van der Waals surface area contributed by atoms with Crippen LogP contribution in [0, 0.1) is 0 Å². The first-order chi connectivity index (χ1) is 9.40. The summed E-state index contributed by atoms with van der Waals surface area (Å²) in [4.78, 5) is 7.91. The molecule has 1 aromatic heterocycles. The second-order valence-corrected chi connectivity index (χ2v) is 4.62. The summed E-state index contributed by atoms with van der Waals surface area (Å²) in [5.41, 5.74) is 3.05. The van der Waals surface area contributed by atoms with Crippen LogP contribution in [0.3, 0.4) is 0 Å². The van der Waals surface area contributed by atoms with E-state index in [1.807, 2.05) is 48.5 Å². The molecule has 4 rings (SSSR count). The van der Waals surface area contributed by atoms with E-state index in [-0.39, 0.29) is 6.10 Å². The Morgan fingerprint density at radius 2 is 1.89 bits per heavy atom. The number of hydrogen-bond donors (Lipinski definition) is 2. The van der Waals surface area contributed by atoms with Gasteiger partial charge in [-0.1, -0.05) is 24.3 Å². The molecule has 3 aromatic rings.